The van der Waals surface area contributed by atoms with E-state index in [2.05, 4.69) is 10.1 Å². The number of aromatic nitrogens is 3. The number of benzene rings is 2. The minimum atomic E-state index is -4.55. The van der Waals surface area contributed by atoms with E-state index in [4.69, 9.17) is 0 Å². The molecule has 0 bridgehead atoms. The van der Waals surface area contributed by atoms with Crippen molar-refractivity contribution in [1.29, 1.82) is 0 Å². The van der Waals surface area contributed by atoms with Gasteiger partial charge in [-0.3, -0.25) is 0 Å². The number of hydrogen-bond acceptors (Lipinski definition) is 2. The van der Waals surface area contributed by atoms with Crippen LogP contribution in [0.5, 0.6) is 0 Å². The number of halogens is 4. The summed E-state index contributed by atoms with van der Waals surface area (Å²) in [4.78, 5) is 4.39. The number of alkyl halides is 3. The fraction of sp³-hybridized carbons (Fsp3) is 0.0526. The third-order valence-electron chi connectivity index (χ3n) is 3.99. The molecule has 0 aliphatic heterocycles. The summed E-state index contributed by atoms with van der Waals surface area (Å²) in [7, 11) is 0. The molecule has 0 N–H and O–H groups in total. The third kappa shape index (κ3) is 2.81. The van der Waals surface area contributed by atoms with Crippen molar-refractivity contribution in [3.05, 3.63) is 78.2 Å². The molecule has 130 valence electrons. The first-order chi connectivity index (χ1) is 12.4. The van der Waals surface area contributed by atoms with Gasteiger partial charge in [-0.25, -0.2) is 14.1 Å². The first-order valence-corrected chi connectivity index (χ1v) is 7.71. The molecule has 2 aromatic carbocycles. The second-order valence-electron chi connectivity index (χ2n) is 5.69. The maximum Gasteiger partial charge on any atom is 0.417 e. The molecule has 0 atom stereocenters. The van der Waals surface area contributed by atoms with Gasteiger partial charge >= 0.3 is 6.18 Å². The number of hydrogen-bond donors (Lipinski definition) is 0. The molecular weight excluding hydrogens is 346 g/mol. The Bertz CT molecular complexity index is 1070. The summed E-state index contributed by atoms with van der Waals surface area (Å²) in [6, 6.07) is 14.9. The molecule has 4 rings (SSSR count). The predicted octanol–water partition coefficient (Wildman–Crippen LogP) is 5.25. The van der Waals surface area contributed by atoms with Crippen molar-refractivity contribution >= 4 is 11.0 Å². The summed E-state index contributed by atoms with van der Waals surface area (Å²) in [5.41, 5.74) is 0.424. The maximum absolute atomic E-state index is 13.6. The highest BCUT2D eigenvalue weighted by Gasteiger charge is 2.34. The van der Waals surface area contributed by atoms with Crippen molar-refractivity contribution in [2.45, 2.75) is 6.18 Å². The van der Waals surface area contributed by atoms with E-state index in [1.165, 1.54) is 28.9 Å². The highest BCUT2D eigenvalue weighted by molar-refractivity contribution is 5.84. The van der Waals surface area contributed by atoms with E-state index in [0.717, 1.165) is 12.3 Å². The van der Waals surface area contributed by atoms with Gasteiger partial charge in [-0.2, -0.15) is 18.3 Å². The number of pyridine rings is 1. The van der Waals surface area contributed by atoms with Crippen molar-refractivity contribution in [3.63, 3.8) is 0 Å². The molecule has 0 saturated heterocycles. The van der Waals surface area contributed by atoms with Crippen LogP contribution in [0.2, 0.25) is 0 Å². The Kier molecular flexibility index (Phi) is 3.72. The molecule has 0 spiro atoms. The van der Waals surface area contributed by atoms with Crippen LogP contribution in [-0.4, -0.2) is 14.8 Å². The van der Waals surface area contributed by atoms with Crippen LogP contribution in [0.1, 0.15) is 5.56 Å². The van der Waals surface area contributed by atoms with E-state index in [9.17, 15) is 17.6 Å². The molecule has 0 radical (unpaired) electrons. The quantitative estimate of drug-likeness (QED) is 0.459. The monoisotopic (exact) mass is 357 g/mol. The van der Waals surface area contributed by atoms with Crippen molar-refractivity contribution in [2.24, 2.45) is 0 Å². The van der Waals surface area contributed by atoms with Crippen LogP contribution in [0.3, 0.4) is 0 Å². The summed E-state index contributed by atoms with van der Waals surface area (Å²) >= 11 is 0. The lowest BCUT2D eigenvalue weighted by Gasteiger charge is -2.11. The van der Waals surface area contributed by atoms with Gasteiger partial charge in [0.1, 0.15) is 5.82 Å². The lowest BCUT2D eigenvalue weighted by atomic mass is 10.1. The molecule has 2 aromatic heterocycles. The van der Waals surface area contributed by atoms with Gasteiger partial charge in [0.05, 0.1) is 28.5 Å². The van der Waals surface area contributed by atoms with Crippen molar-refractivity contribution in [1.82, 2.24) is 14.8 Å². The molecule has 0 saturated carbocycles. The topological polar surface area (TPSA) is 30.7 Å². The smallest absolute Gasteiger partial charge is 0.228 e. The minimum absolute atomic E-state index is 0.0605. The summed E-state index contributed by atoms with van der Waals surface area (Å²) < 4.78 is 55.1. The summed E-state index contributed by atoms with van der Waals surface area (Å²) in [6.45, 7) is 0. The lowest BCUT2D eigenvalue weighted by molar-refractivity contribution is -0.136. The van der Waals surface area contributed by atoms with Crippen LogP contribution in [0, 0.1) is 5.82 Å². The van der Waals surface area contributed by atoms with Crippen molar-refractivity contribution in [3.8, 4) is 16.9 Å². The molecule has 0 aliphatic rings. The fourth-order valence-electron chi connectivity index (χ4n) is 2.76. The van der Waals surface area contributed by atoms with E-state index in [-0.39, 0.29) is 16.7 Å². The van der Waals surface area contributed by atoms with Gasteiger partial charge in [0.15, 0.2) is 5.65 Å². The molecule has 2 heterocycles. The van der Waals surface area contributed by atoms with Crippen LogP contribution in [0.15, 0.2) is 66.9 Å². The Morgan fingerprint density at radius 3 is 2.23 bits per heavy atom. The van der Waals surface area contributed by atoms with Gasteiger partial charge in [0.25, 0.3) is 0 Å². The Balaban J connectivity index is 2.01. The Labute approximate surface area is 145 Å². The molecule has 3 nitrogen and oxygen atoms in total. The predicted molar refractivity (Wildman–Crippen MR) is 89.3 cm³/mol. The molecule has 0 amide bonds. The Morgan fingerprint density at radius 1 is 0.885 bits per heavy atom. The molecule has 0 unspecified atom stereocenters. The highest BCUT2D eigenvalue weighted by atomic mass is 19.4. The van der Waals surface area contributed by atoms with E-state index in [1.54, 1.807) is 30.3 Å². The number of rotatable bonds is 2. The molecule has 26 heavy (non-hydrogen) atoms. The highest BCUT2D eigenvalue weighted by Crippen LogP contribution is 2.37. The molecule has 7 heteroatoms. The van der Waals surface area contributed by atoms with Gasteiger partial charge in [-0.05, 0) is 30.3 Å². The van der Waals surface area contributed by atoms with Crippen LogP contribution < -0.4 is 0 Å². The van der Waals surface area contributed by atoms with Gasteiger partial charge in [0, 0.05) is 5.56 Å². The standard InChI is InChI=1S/C19H11F4N3/c20-13-6-8-14(9-7-13)26-18-15(11-24-26)16(19(21,22)23)10-17(25-18)12-4-2-1-3-5-12/h1-11H. The van der Waals surface area contributed by atoms with Gasteiger partial charge in [-0.15, -0.1) is 0 Å². The van der Waals surface area contributed by atoms with Gasteiger partial charge < -0.3 is 0 Å². The fourth-order valence-corrected chi connectivity index (χ4v) is 2.76. The first kappa shape index (κ1) is 16.3. The van der Waals surface area contributed by atoms with Crippen molar-refractivity contribution in [2.75, 3.05) is 0 Å². The SMILES string of the molecule is Fc1ccc(-n2ncc3c(C(F)(F)F)cc(-c4ccccc4)nc32)cc1. The minimum Gasteiger partial charge on any atom is -0.228 e. The van der Waals surface area contributed by atoms with E-state index < -0.39 is 17.6 Å². The van der Waals surface area contributed by atoms with E-state index >= 15 is 0 Å². The molecular formula is C19H11F4N3. The largest absolute Gasteiger partial charge is 0.417 e. The zero-order valence-corrected chi connectivity index (χ0v) is 13.2. The van der Waals surface area contributed by atoms with E-state index in [0.29, 0.717) is 11.3 Å². The van der Waals surface area contributed by atoms with E-state index in [1.807, 2.05) is 0 Å². The third-order valence-corrected chi connectivity index (χ3v) is 3.99. The molecule has 0 fully saturated rings. The van der Waals surface area contributed by atoms with Gasteiger partial charge in [-0.1, -0.05) is 30.3 Å². The van der Waals surface area contributed by atoms with Crippen LogP contribution in [0.25, 0.3) is 28.0 Å². The lowest BCUT2D eigenvalue weighted by Crippen LogP contribution is -2.07. The van der Waals surface area contributed by atoms with Crippen LogP contribution in [0.4, 0.5) is 17.6 Å². The zero-order chi connectivity index (χ0) is 18.3. The second-order valence-corrected chi connectivity index (χ2v) is 5.69. The first-order valence-electron chi connectivity index (χ1n) is 7.71. The Morgan fingerprint density at radius 2 is 1.58 bits per heavy atom. The zero-order valence-electron chi connectivity index (χ0n) is 13.2. The number of fused-ring (bicyclic) bond motifs is 1. The maximum atomic E-state index is 13.6. The normalized spacial score (nSPS) is 11.8. The average Bonchev–Trinajstić information content (AvgIpc) is 3.05. The summed E-state index contributed by atoms with van der Waals surface area (Å²) in [5, 5.41) is 3.93. The molecule has 4 aromatic rings. The van der Waals surface area contributed by atoms with Crippen LogP contribution >= 0.6 is 0 Å². The van der Waals surface area contributed by atoms with Crippen molar-refractivity contribution < 1.29 is 17.6 Å². The Hall–Kier alpha value is -3.22. The number of nitrogens with zero attached hydrogens (tertiary/aromatic N) is 3. The van der Waals surface area contributed by atoms with Gasteiger partial charge in [0.2, 0.25) is 0 Å². The van der Waals surface area contributed by atoms with Crippen LogP contribution in [-0.2, 0) is 6.18 Å². The second kappa shape index (κ2) is 5.94. The summed E-state index contributed by atoms with van der Waals surface area (Å²) in [6.07, 6.45) is -3.43. The summed E-state index contributed by atoms with van der Waals surface area (Å²) in [5.74, 6) is -0.445. The average molecular weight is 357 g/mol. The molecule has 0 aliphatic carbocycles.